The summed E-state index contributed by atoms with van der Waals surface area (Å²) in [5.41, 5.74) is 5.92. The summed E-state index contributed by atoms with van der Waals surface area (Å²) >= 11 is 0. The zero-order valence-corrected chi connectivity index (χ0v) is 12.4. The third-order valence-corrected chi connectivity index (χ3v) is 4.91. The summed E-state index contributed by atoms with van der Waals surface area (Å²) in [6.45, 7) is 6.79. The molecule has 1 aromatic carbocycles. The van der Waals surface area contributed by atoms with Gasteiger partial charge in [-0.05, 0) is 50.1 Å². The molecule has 106 valence electrons. The fourth-order valence-corrected chi connectivity index (χ4v) is 3.89. The highest BCUT2D eigenvalue weighted by Crippen LogP contribution is 2.32. The zero-order valence-electron chi connectivity index (χ0n) is 12.4. The molecule has 0 saturated carbocycles. The molecule has 1 N–H and O–H groups in total. The summed E-state index contributed by atoms with van der Waals surface area (Å²) in [6.07, 6.45) is 2.51. The van der Waals surface area contributed by atoms with Crippen molar-refractivity contribution in [2.75, 3.05) is 26.7 Å². The lowest BCUT2D eigenvalue weighted by molar-refractivity contribution is 0.241. The molecule has 0 amide bonds. The van der Waals surface area contributed by atoms with Crippen LogP contribution in [0.4, 0.5) is 0 Å². The Labute approximate surface area is 120 Å². The first kappa shape index (κ1) is 12.4. The van der Waals surface area contributed by atoms with E-state index in [-0.39, 0.29) is 0 Å². The molecule has 1 fully saturated rings. The van der Waals surface area contributed by atoms with E-state index in [1.807, 2.05) is 0 Å². The van der Waals surface area contributed by atoms with E-state index in [1.165, 1.54) is 41.5 Å². The number of aromatic nitrogens is 1. The molecule has 4 rings (SSSR count). The number of piperazine rings is 1. The number of likely N-dealkylation sites (N-methyl/N-ethyl adjacent to an activating group) is 1. The van der Waals surface area contributed by atoms with Gasteiger partial charge in [-0.3, -0.25) is 0 Å². The van der Waals surface area contributed by atoms with E-state index in [0.717, 1.165) is 19.6 Å². The molecule has 0 aliphatic carbocycles. The summed E-state index contributed by atoms with van der Waals surface area (Å²) in [5, 5.41) is 5.11. The molecule has 2 aliphatic rings. The molecule has 2 aromatic rings. The second-order valence-corrected chi connectivity index (χ2v) is 6.43. The molecule has 3 nitrogen and oxygen atoms in total. The van der Waals surface area contributed by atoms with Gasteiger partial charge in [0.25, 0.3) is 0 Å². The number of rotatable bonds is 1. The highest BCUT2D eigenvalue weighted by Gasteiger charge is 2.22. The van der Waals surface area contributed by atoms with Crippen molar-refractivity contribution in [3.8, 4) is 0 Å². The normalized spacial score (nSPS) is 23.4. The van der Waals surface area contributed by atoms with Gasteiger partial charge >= 0.3 is 0 Å². The smallest absolute Gasteiger partial charge is 0.0515 e. The van der Waals surface area contributed by atoms with Crippen molar-refractivity contribution < 1.29 is 0 Å². The molecular formula is C17H23N3. The van der Waals surface area contributed by atoms with E-state index in [0.29, 0.717) is 6.04 Å². The Bertz CT molecular complexity index is 656. The van der Waals surface area contributed by atoms with Crippen molar-refractivity contribution in [2.45, 2.75) is 32.4 Å². The number of nitrogens with one attached hydrogen (secondary N) is 1. The Hall–Kier alpha value is -1.32. The lowest BCUT2D eigenvalue weighted by Crippen LogP contribution is -2.43. The second-order valence-electron chi connectivity index (χ2n) is 6.43. The molecule has 0 spiro atoms. The van der Waals surface area contributed by atoms with Gasteiger partial charge in [-0.1, -0.05) is 6.07 Å². The minimum Gasteiger partial charge on any atom is -0.345 e. The van der Waals surface area contributed by atoms with Crippen molar-refractivity contribution in [3.63, 3.8) is 0 Å². The van der Waals surface area contributed by atoms with E-state index < -0.39 is 0 Å². The first-order chi connectivity index (χ1) is 9.72. The Morgan fingerprint density at radius 3 is 2.95 bits per heavy atom. The van der Waals surface area contributed by atoms with Crippen LogP contribution in [0.25, 0.3) is 10.9 Å². The second kappa shape index (κ2) is 4.61. The molecule has 1 unspecified atom stereocenters. The average Bonchev–Trinajstić information content (AvgIpc) is 2.77. The van der Waals surface area contributed by atoms with Crippen LogP contribution in [0, 0.1) is 6.92 Å². The third kappa shape index (κ3) is 1.88. The van der Waals surface area contributed by atoms with Crippen LogP contribution in [0.3, 0.4) is 0 Å². The van der Waals surface area contributed by atoms with Crippen LogP contribution >= 0.6 is 0 Å². The lowest BCUT2D eigenvalue weighted by Gasteiger charge is -2.31. The molecule has 2 aliphatic heterocycles. The monoisotopic (exact) mass is 269 g/mol. The van der Waals surface area contributed by atoms with Crippen molar-refractivity contribution in [3.05, 3.63) is 35.0 Å². The van der Waals surface area contributed by atoms with Crippen molar-refractivity contribution in [1.82, 2.24) is 14.8 Å². The molecule has 3 heterocycles. The van der Waals surface area contributed by atoms with Crippen LogP contribution in [0.5, 0.6) is 0 Å². The van der Waals surface area contributed by atoms with E-state index in [2.05, 4.69) is 47.0 Å². The summed E-state index contributed by atoms with van der Waals surface area (Å²) in [5.74, 6) is 0. The fourth-order valence-electron chi connectivity index (χ4n) is 3.89. The topological polar surface area (TPSA) is 20.2 Å². The first-order valence-corrected chi connectivity index (χ1v) is 7.77. The van der Waals surface area contributed by atoms with E-state index >= 15 is 0 Å². The van der Waals surface area contributed by atoms with Gasteiger partial charge in [-0.15, -0.1) is 0 Å². The summed E-state index contributed by atoms with van der Waals surface area (Å²) in [4.78, 5) is 2.42. The lowest BCUT2D eigenvalue weighted by atomic mass is 9.96. The van der Waals surface area contributed by atoms with Crippen molar-refractivity contribution in [2.24, 2.45) is 0 Å². The highest BCUT2D eigenvalue weighted by atomic mass is 15.2. The fraction of sp³-hybridized carbons (Fsp3) is 0.529. The van der Waals surface area contributed by atoms with Gasteiger partial charge in [-0.2, -0.15) is 0 Å². The van der Waals surface area contributed by atoms with Gasteiger partial charge in [0, 0.05) is 43.3 Å². The standard InChI is InChI=1S/C17H23N3/c1-12-8-15-10-14(16-11-19(2)7-5-18-16)9-13-4-3-6-20(12)17(13)15/h8-10,16,18H,3-7,11H2,1-2H3. The van der Waals surface area contributed by atoms with Crippen LogP contribution in [0.1, 0.15) is 29.3 Å². The Morgan fingerprint density at radius 2 is 2.10 bits per heavy atom. The van der Waals surface area contributed by atoms with E-state index in [1.54, 1.807) is 5.56 Å². The van der Waals surface area contributed by atoms with E-state index in [9.17, 15) is 0 Å². The quantitative estimate of drug-likeness (QED) is 0.858. The zero-order chi connectivity index (χ0) is 13.7. The summed E-state index contributed by atoms with van der Waals surface area (Å²) < 4.78 is 2.50. The summed E-state index contributed by atoms with van der Waals surface area (Å²) in [7, 11) is 2.22. The molecule has 1 aromatic heterocycles. The Kier molecular flexibility index (Phi) is 2.86. The van der Waals surface area contributed by atoms with Crippen molar-refractivity contribution in [1.29, 1.82) is 0 Å². The molecule has 1 atom stereocenters. The minimum absolute atomic E-state index is 0.486. The van der Waals surface area contributed by atoms with Crippen LogP contribution in [-0.4, -0.2) is 36.1 Å². The molecule has 0 bridgehead atoms. The van der Waals surface area contributed by atoms with Gasteiger partial charge in [-0.25, -0.2) is 0 Å². The highest BCUT2D eigenvalue weighted by molar-refractivity contribution is 5.86. The van der Waals surface area contributed by atoms with E-state index in [4.69, 9.17) is 0 Å². The van der Waals surface area contributed by atoms with Crippen LogP contribution < -0.4 is 5.32 Å². The molecule has 20 heavy (non-hydrogen) atoms. The van der Waals surface area contributed by atoms with Gasteiger partial charge in [0.05, 0.1) is 5.52 Å². The Balaban J connectivity index is 1.82. The molecule has 0 radical (unpaired) electrons. The largest absolute Gasteiger partial charge is 0.345 e. The predicted molar refractivity (Wildman–Crippen MR) is 83.2 cm³/mol. The van der Waals surface area contributed by atoms with Crippen LogP contribution in [-0.2, 0) is 13.0 Å². The number of benzene rings is 1. The van der Waals surface area contributed by atoms with Crippen LogP contribution in [0.2, 0.25) is 0 Å². The predicted octanol–water partition coefficient (Wildman–Crippen LogP) is 2.47. The van der Waals surface area contributed by atoms with Gasteiger partial charge < -0.3 is 14.8 Å². The maximum absolute atomic E-state index is 3.67. The SMILES string of the molecule is Cc1cc2cc(C3CN(C)CCN3)cc3c2n1CCC3. The van der Waals surface area contributed by atoms with Gasteiger partial charge in [0.1, 0.15) is 0 Å². The Morgan fingerprint density at radius 1 is 1.20 bits per heavy atom. The van der Waals surface area contributed by atoms with Crippen LogP contribution in [0.15, 0.2) is 18.2 Å². The minimum atomic E-state index is 0.486. The number of nitrogens with zero attached hydrogens (tertiary/aromatic N) is 2. The number of aryl methyl sites for hydroxylation is 3. The third-order valence-electron chi connectivity index (χ3n) is 4.91. The van der Waals surface area contributed by atoms with Gasteiger partial charge in [0.2, 0.25) is 0 Å². The van der Waals surface area contributed by atoms with Crippen molar-refractivity contribution >= 4 is 10.9 Å². The summed E-state index contributed by atoms with van der Waals surface area (Å²) in [6, 6.07) is 7.71. The first-order valence-electron chi connectivity index (χ1n) is 7.77. The van der Waals surface area contributed by atoms with Gasteiger partial charge in [0.15, 0.2) is 0 Å². The average molecular weight is 269 g/mol. The maximum Gasteiger partial charge on any atom is 0.0515 e. The molecule has 1 saturated heterocycles. The molecule has 3 heteroatoms. The number of hydrogen-bond donors (Lipinski definition) is 1. The maximum atomic E-state index is 3.67. The number of hydrogen-bond acceptors (Lipinski definition) is 2. The molecular weight excluding hydrogens is 246 g/mol.